The summed E-state index contributed by atoms with van der Waals surface area (Å²) in [6.45, 7) is 0.292. The lowest BCUT2D eigenvalue weighted by Crippen LogP contribution is -2.47. The van der Waals surface area contributed by atoms with Crippen molar-refractivity contribution in [3.8, 4) is 5.75 Å². The Balaban J connectivity index is 1.98. The van der Waals surface area contributed by atoms with Crippen LogP contribution in [0.2, 0.25) is 0 Å². The van der Waals surface area contributed by atoms with Crippen LogP contribution in [-0.4, -0.2) is 43.5 Å². The van der Waals surface area contributed by atoms with Gasteiger partial charge in [-0.15, -0.1) is 0 Å². The molecule has 150 valence electrons. The molecule has 0 aliphatic carbocycles. The van der Waals surface area contributed by atoms with Crippen LogP contribution in [-0.2, 0) is 11.2 Å². The van der Waals surface area contributed by atoms with Gasteiger partial charge < -0.3 is 15.4 Å². The first-order valence-corrected chi connectivity index (χ1v) is 10.4. The van der Waals surface area contributed by atoms with E-state index >= 15 is 0 Å². The Kier molecular flexibility index (Phi) is 8.81. The molecule has 0 aromatic heterocycles. The van der Waals surface area contributed by atoms with Crippen LogP contribution in [0.4, 0.5) is 4.39 Å². The minimum Gasteiger partial charge on any atom is -0.496 e. The van der Waals surface area contributed by atoms with Crippen molar-refractivity contribution < 1.29 is 18.7 Å². The summed E-state index contributed by atoms with van der Waals surface area (Å²) in [6, 6.07) is 12.7. The third-order valence-corrected chi connectivity index (χ3v) is 4.88. The Morgan fingerprint density at radius 2 is 1.86 bits per heavy atom. The maximum Gasteiger partial charge on any atom is 0.255 e. The summed E-state index contributed by atoms with van der Waals surface area (Å²) in [5, 5.41) is 5.58. The average molecular weight is 405 g/mol. The molecule has 0 bridgehead atoms. The highest BCUT2D eigenvalue weighted by Gasteiger charge is 2.22. The van der Waals surface area contributed by atoms with Crippen molar-refractivity contribution in [2.24, 2.45) is 0 Å². The van der Waals surface area contributed by atoms with E-state index in [9.17, 15) is 14.0 Å². The molecule has 0 fully saturated rings. The fourth-order valence-electron chi connectivity index (χ4n) is 2.72. The van der Waals surface area contributed by atoms with Gasteiger partial charge in [-0.05, 0) is 48.6 Å². The molecule has 28 heavy (non-hydrogen) atoms. The van der Waals surface area contributed by atoms with Crippen LogP contribution in [0, 0.1) is 5.82 Å². The Morgan fingerprint density at radius 1 is 1.14 bits per heavy atom. The van der Waals surface area contributed by atoms with Gasteiger partial charge in [0.1, 0.15) is 17.6 Å². The number of carbonyl (C=O) groups excluding carboxylic acids is 2. The van der Waals surface area contributed by atoms with Crippen LogP contribution in [0.3, 0.4) is 0 Å². The van der Waals surface area contributed by atoms with Gasteiger partial charge in [0.05, 0.1) is 12.7 Å². The summed E-state index contributed by atoms with van der Waals surface area (Å²) in [6.07, 6.45) is 2.82. The maximum atomic E-state index is 13.7. The third kappa shape index (κ3) is 6.27. The third-order valence-electron chi connectivity index (χ3n) is 4.24. The van der Waals surface area contributed by atoms with E-state index in [2.05, 4.69) is 10.6 Å². The van der Waals surface area contributed by atoms with E-state index in [-0.39, 0.29) is 17.6 Å². The molecule has 0 spiro atoms. The second-order valence-electron chi connectivity index (χ2n) is 6.14. The molecular formula is C21H25FN2O3S. The van der Waals surface area contributed by atoms with Crippen molar-refractivity contribution in [2.75, 3.05) is 25.7 Å². The Labute approximate surface area is 169 Å². The zero-order valence-corrected chi connectivity index (χ0v) is 16.9. The number of halogens is 1. The van der Waals surface area contributed by atoms with Gasteiger partial charge in [-0.1, -0.05) is 30.3 Å². The Bertz CT molecular complexity index is 801. The molecule has 2 N–H and O–H groups in total. The van der Waals surface area contributed by atoms with Crippen LogP contribution in [0.5, 0.6) is 5.75 Å². The minimum atomic E-state index is -0.675. The van der Waals surface area contributed by atoms with Crippen molar-refractivity contribution in [1.82, 2.24) is 10.6 Å². The number of para-hydroxylation sites is 1. The monoisotopic (exact) mass is 404 g/mol. The van der Waals surface area contributed by atoms with Crippen molar-refractivity contribution in [3.05, 3.63) is 65.5 Å². The number of rotatable bonds is 10. The smallest absolute Gasteiger partial charge is 0.255 e. The first-order chi connectivity index (χ1) is 13.6. The predicted octanol–water partition coefficient (Wildman–Crippen LogP) is 3.04. The highest BCUT2D eigenvalue weighted by Crippen LogP contribution is 2.17. The van der Waals surface area contributed by atoms with Crippen LogP contribution in [0.25, 0.3) is 0 Å². The number of benzene rings is 2. The quantitative estimate of drug-likeness (QED) is 0.639. The minimum absolute atomic E-state index is 0.284. The van der Waals surface area contributed by atoms with Crippen molar-refractivity contribution in [2.45, 2.75) is 18.9 Å². The number of nitrogens with one attached hydrogen (secondary N) is 2. The number of methoxy groups -OCH3 is 1. The number of hydrogen-bond acceptors (Lipinski definition) is 4. The van der Waals surface area contributed by atoms with E-state index in [1.54, 1.807) is 54.2 Å². The van der Waals surface area contributed by atoms with Crippen LogP contribution >= 0.6 is 11.8 Å². The lowest BCUT2D eigenvalue weighted by Gasteiger charge is -2.19. The lowest BCUT2D eigenvalue weighted by molar-refractivity contribution is -0.123. The van der Waals surface area contributed by atoms with Crippen molar-refractivity contribution in [1.29, 1.82) is 0 Å². The summed E-state index contributed by atoms with van der Waals surface area (Å²) in [5.41, 5.74) is 0.917. The molecule has 2 amide bonds. The van der Waals surface area contributed by atoms with Crippen LogP contribution in [0.15, 0.2) is 48.5 Å². The summed E-state index contributed by atoms with van der Waals surface area (Å²) in [4.78, 5) is 25.2. The van der Waals surface area contributed by atoms with E-state index in [0.717, 1.165) is 5.75 Å². The second-order valence-corrected chi connectivity index (χ2v) is 7.13. The molecule has 2 rings (SSSR count). The molecule has 2 aromatic rings. The molecule has 0 aliphatic rings. The number of carbonyl (C=O) groups is 2. The molecule has 0 heterocycles. The summed E-state index contributed by atoms with van der Waals surface area (Å²) < 4.78 is 18.9. The number of amides is 2. The van der Waals surface area contributed by atoms with E-state index in [1.165, 1.54) is 13.2 Å². The van der Waals surface area contributed by atoms with Gasteiger partial charge >= 0.3 is 0 Å². The van der Waals surface area contributed by atoms with Crippen molar-refractivity contribution in [3.63, 3.8) is 0 Å². The molecule has 2 aromatic carbocycles. The highest BCUT2D eigenvalue weighted by molar-refractivity contribution is 7.98. The molecule has 0 aliphatic heterocycles. The zero-order chi connectivity index (χ0) is 20.4. The number of hydrogen-bond donors (Lipinski definition) is 2. The fourth-order valence-corrected chi connectivity index (χ4v) is 3.19. The normalized spacial score (nSPS) is 11.5. The molecule has 1 unspecified atom stereocenters. The maximum absolute atomic E-state index is 13.7. The predicted molar refractivity (Wildman–Crippen MR) is 110 cm³/mol. The van der Waals surface area contributed by atoms with Crippen LogP contribution < -0.4 is 15.4 Å². The van der Waals surface area contributed by atoms with Gasteiger partial charge in [-0.25, -0.2) is 4.39 Å². The Morgan fingerprint density at radius 3 is 2.57 bits per heavy atom. The first kappa shape index (κ1) is 21.8. The standard InChI is InChI=1S/C21H25FN2O3S/c1-27-19-10-6-4-8-16(19)20(25)24-18(12-14-28-2)21(26)23-13-11-15-7-3-5-9-17(15)22/h3-10,18H,11-14H2,1-2H3,(H,23,26)(H,24,25). The van der Waals surface area contributed by atoms with Gasteiger partial charge in [0.25, 0.3) is 5.91 Å². The lowest BCUT2D eigenvalue weighted by atomic mass is 10.1. The van der Waals surface area contributed by atoms with Gasteiger partial charge in [-0.2, -0.15) is 11.8 Å². The van der Waals surface area contributed by atoms with Gasteiger partial charge in [0.2, 0.25) is 5.91 Å². The van der Waals surface area contributed by atoms with Crippen molar-refractivity contribution >= 4 is 23.6 Å². The SMILES string of the molecule is COc1ccccc1C(=O)NC(CCSC)C(=O)NCCc1ccccc1F. The highest BCUT2D eigenvalue weighted by atomic mass is 32.2. The van der Waals surface area contributed by atoms with Gasteiger partial charge in [-0.3, -0.25) is 9.59 Å². The largest absolute Gasteiger partial charge is 0.496 e. The summed E-state index contributed by atoms with van der Waals surface area (Å²) >= 11 is 1.60. The van der Waals surface area contributed by atoms with Gasteiger partial charge in [0.15, 0.2) is 0 Å². The molecule has 0 radical (unpaired) electrons. The van der Waals surface area contributed by atoms with Crippen LogP contribution in [0.1, 0.15) is 22.3 Å². The Hall–Kier alpha value is -2.54. The summed E-state index contributed by atoms with van der Waals surface area (Å²) in [5.74, 6) is 0.225. The average Bonchev–Trinajstić information content (AvgIpc) is 2.72. The zero-order valence-electron chi connectivity index (χ0n) is 16.0. The summed E-state index contributed by atoms with van der Waals surface area (Å²) in [7, 11) is 1.49. The second kappa shape index (κ2) is 11.3. The number of thioether (sulfide) groups is 1. The first-order valence-electron chi connectivity index (χ1n) is 9.00. The van der Waals surface area contributed by atoms with E-state index < -0.39 is 6.04 Å². The molecule has 1 atom stereocenters. The van der Waals surface area contributed by atoms with E-state index in [0.29, 0.717) is 36.3 Å². The molecule has 0 saturated heterocycles. The number of ether oxygens (including phenoxy) is 1. The van der Waals surface area contributed by atoms with E-state index in [4.69, 9.17) is 4.74 Å². The molecule has 0 saturated carbocycles. The molecule has 7 heteroatoms. The van der Waals surface area contributed by atoms with E-state index in [1.807, 2.05) is 6.26 Å². The topological polar surface area (TPSA) is 67.4 Å². The molecular weight excluding hydrogens is 379 g/mol. The molecule has 5 nitrogen and oxygen atoms in total. The van der Waals surface area contributed by atoms with Gasteiger partial charge in [0, 0.05) is 6.54 Å². The fraction of sp³-hybridized carbons (Fsp3) is 0.333.